The van der Waals surface area contributed by atoms with E-state index in [-0.39, 0.29) is 58.1 Å². The fraction of sp³-hybridized carbons (Fsp3) is 0.867. The number of hydrogen-bond donors (Lipinski definition) is 5. The van der Waals surface area contributed by atoms with Gasteiger partial charge in [-0.2, -0.15) is 0 Å². The third-order valence-corrected chi connectivity index (χ3v) is 6.04. The Morgan fingerprint density at radius 1 is 0.667 bits per heavy atom. The maximum Gasteiger partial charge on any atom is 0.339 e. The number of ketones is 1. The van der Waals surface area contributed by atoms with Gasteiger partial charge in [0.25, 0.3) is 0 Å². The van der Waals surface area contributed by atoms with Gasteiger partial charge in [0, 0.05) is 52.4 Å². The molecule has 176 valence electrons. The molecular formula is C15H32N4O9P2. The Morgan fingerprint density at radius 2 is 0.967 bits per heavy atom. The summed E-state index contributed by atoms with van der Waals surface area (Å²) >= 11 is 0. The van der Waals surface area contributed by atoms with Crippen molar-refractivity contribution in [2.24, 2.45) is 0 Å². The van der Waals surface area contributed by atoms with E-state index in [1.165, 1.54) is 16.7 Å². The summed E-state index contributed by atoms with van der Waals surface area (Å²) in [4.78, 5) is 66.5. The van der Waals surface area contributed by atoms with Gasteiger partial charge in [-0.1, -0.05) is 0 Å². The molecule has 1 aliphatic rings. The lowest BCUT2D eigenvalue weighted by Gasteiger charge is -2.33. The molecule has 0 amide bonds. The van der Waals surface area contributed by atoms with Gasteiger partial charge >= 0.3 is 21.2 Å². The van der Waals surface area contributed by atoms with E-state index in [4.69, 9.17) is 5.11 Å². The van der Waals surface area contributed by atoms with Crippen molar-refractivity contribution < 1.29 is 43.4 Å². The monoisotopic (exact) mass is 474 g/mol. The Bertz CT molecular complexity index is 596. The van der Waals surface area contributed by atoms with Crippen molar-refractivity contribution in [2.75, 3.05) is 78.0 Å². The summed E-state index contributed by atoms with van der Waals surface area (Å²) in [5.41, 5.74) is 0. The smallest absolute Gasteiger partial charge is 0.339 e. The number of nitrogens with zero attached hydrogens (tertiary/aromatic N) is 4. The molecule has 0 bridgehead atoms. The SMILES string of the molecule is CC(=O)CN1CCN(CP(=O)(O)O)CCN(CC(=O)O)CCN(CP(=O)(O)O)CC1. The summed E-state index contributed by atoms with van der Waals surface area (Å²) in [5, 5.41) is 9.12. The van der Waals surface area contributed by atoms with E-state index in [1.54, 1.807) is 9.80 Å². The van der Waals surface area contributed by atoms with E-state index in [9.17, 15) is 38.3 Å². The standard InChI is InChI=1S/C15H32N4O9P2/c1-14(20)10-16-2-6-18(12-29(23,24)25)8-4-17(11-15(21)22)5-9-19(7-3-16)13-30(26,27)28/h2-13H2,1H3,(H,21,22)(H2,23,24,25)(H2,26,27,28). The number of hydrogen-bond acceptors (Lipinski definition) is 8. The van der Waals surface area contributed by atoms with Crippen LogP contribution in [-0.4, -0.2) is 134 Å². The normalized spacial score (nSPS) is 20.4. The number of carbonyl (C=O) groups excluding carboxylic acids is 1. The molecule has 1 aliphatic heterocycles. The van der Waals surface area contributed by atoms with Crippen LogP contribution in [0.15, 0.2) is 0 Å². The quantitative estimate of drug-likeness (QED) is 0.248. The topological polar surface area (TPSA) is 182 Å². The van der Waals surface area contributed by atoms with Gasteiger partial charge < -0.3 is 24.7 Å². The molecule has 0 aromatic rings. The molecule has 0 aromatic carbocycles. The van der Waals surface area contributed by atoms with Gasteiger partial charge in [-0.15, -0.1) is 0 Å². The molecule has 5 N–H and O–H groups in total. The van der Waals surface area contributed by atoms with E-state index in [0.29, 0.717) is 13.1 Å². The van der Waals surface area contributed by atoms with Gasteiger partial charge in [-0.3, -0.25) is 38.3 Å². The molecule has 0 saturated carbocycles. The van der Waals surface area contributed by atoms with Gasteiger partial charge in [0.2, 0.25) is 0 Å². The average Bonchev–Trinajstić information content (AvgIpc) is 2.54. The second-order valence-electron chi connectivity index (χ2n) is 7.50. The zero-order chi connectivity index (χ0) is 22.9. The molecule has 0 radical (unpaired) electrons. The molecule has 0 aromatic heterocycles. The molecule has 30 heavy (non-hydrogen) atoms. The highest BCUT2D eigenvalue weighted by Crippen LogP contribution is 2.35. The summed E-state index contributed by atoms with van der Waals surface area (Å²) in [5.74, 6) is -1.17. The van der Waals surface area contributed by atoms with Crippen molar-refractivity contribution in [1.29, 1.82) is 0 Å². The Labute approximate surface area is 175 Å². The molecule has 15 heteroatoms. The minimum absolute atomic E-state index is 0.0993. The second kappa shape index (κ2) is 12.4. The number of carbonyl (C=O) groups is 2. The van der Waals surface area contributed by atoms with Gasteiger partial charge in [-0.05, 0) is 6.92 Å². The van der Waals surface area contributed by atoms with E-state index >= 15 is 0 Å². The van der Waals surface area contributed by atoms with Crippen LogP contribution in [0.2, 0.25) is 0 Å². The van der Waals surface area contributed by atoms with E-state index in [0.717, 1.165) is 0 Å². The van der Waals surface area contributed by atoms with E-state index in [2.05, 4.69) is 0 Å². The van der Waals surface area contributed by atoms with Gasteiger partial charge in [0.1, 0.15) is 18.4 Å². The summed E-state index contributed by atoms with van der Waals surface area (Å²) in [7, 11) is -8.66. The molecular weight excluding hydrogens is 442 g/mol. The van der Waals surface area contributed by atoms with Crippen LogP contribution >= 0.6 is 15.2 Å². The van der Waals surface area contributed by atoms with Crippen LogP contribution in [-0.2, 0) is 18.7 Å². The molecule has 0 aliphatic carbocycles. The Kier molecular flexibility index (Phi) is 11.2. The summed E-state index contributed by atoms with van der Waals surface area (Å²) in [6.45, 7) is 3.19. The Balaban J connectivity index is 3.00. The van der Waals surface area contributed by atoms with Crippen molar-refractivity contribution in [2.45, 2.75) is 6.92 Å². The molecule has 0 atom stereocenters. The predicted molar refractivity (Wildman–Crippen MR) is 108 cm³/mol. The van der Waals surface area contributed by atoms with Crippen molar-refractivity contribution in [3.8, 4) is 0 Å². The minimum atomic E-state index is -4.33. The van der Waals surface area contributed by atoms with Gasteiger partial charge in [0.05, 0.1) is 13.1 Å². The van der Waals surface area contributed by atoms with E-state index in [1.807, 2.05) is 0 Å². The average molecular weight is 474 g/mol. The minimum Gasteiger partial charge on any atom is -0.480 e. The highest BCUT2D eigenvalue weighted by Gasteiger charge is 2.25. The van der Waals surface area contributed by atoms with Crippen LogP contribution in [0.3, 0.4) is 0 Å². The first-order chi connectivity index (χ1) is 13.7. The first-order valence-corrected chi connectivity index (χ1v) is 13.0. The van der Waals surface area contributed by atoms with Crippen LogP contribution < -0.4 is 0 Å². The van der Waals surface area contributed by atoms with Crippen LogP contribution in [0.1, 0.15) is 6.92 Å². The number of aliphatic carboxylic acids is 1. The summed E-state index contributed by atoms with van der Waals surface area (Å²) in [6.07, 6.45) is -0.960. The third-order valence-electron chi connectivity index (χ3n) is 4.50. The lowest BCUT2D eigenvalue weighted by atomic mass is 10.3. The van der Waals surface area contributed by atoms with Crippen LogP contribution in [0.4, 0.5) is 0 Å². The largest absolute Gasteiger partial charge is 0.480 e. The molecule has 13 nitrogen and oxygen atoms in total. The summed E-state index contributed by atoms with van der Waals surface area (Å²) < 4.78 is 22.9. The fourth-order valence-electron chi connectivity index (χ4n) is 3.20. The fourth-order valence-corrected chi connectivity index (χ4v) is 4.81. The first-order valence-electron chi connectivity index (χ1n) is 9.43. The number of carboxylic acids is 1. The molecule has 1 heterocycles. The number of rotatable bonds is 8. The molecule has 1 saturated heterocycles. The maximum atomic E-state index is 11.6. The van der Waals surface area contributed by atoms with Crippen LogP contribution in [0.25, 0.3) is 0 Å². The van der Waals surface area contributed by atoms with Gasteiger partial charge in [-0.25, -0.2) is 0 Å². The molecule has 0 unspecified atom stereocenters. The Morgan fingerprint density at radius 3 is 1.23 bits per heavy atom. The van der Waals surface area contributed by atoms with Crippen molar-refractivity contribution in [1.82, 2.24) is 19.6 Å². The Hall–Kier alpha value is -0.720. The highest BCUT2D eigenvalue weighted by molar-refractivity contribution is 7.51. The zero-order valence-corrected chi connectivity index (χ0v) is 18.8. The van der Waals surface area contributed by atoms with Gasteiger partial charge in [0.15, 0.2) is 0 Å². The third kappa shape index (κ3) is 13.6. The maximum absolute atomic E-state index is 11.6. The molecule has 1 fully saturated rings. The second-order valence-corrected chi connectivity index (χ2v) is 10.7. The van der Waals surface area contributed by atoms with E-state index < -0.39 is 33.7 Å². The van der Waals surface area contributed by atoms with Crippen LogP contribution in [0.5, 0.6) is 0 Å². The summed E-state index contributed by atoms with van der Waals surface area (Å²) in [6, 6.07) is 0. The van der Waals surface area contributed by atoms with Crippen LogP contribution in [0, 0.1) is 0 Å². The number of Topliss-reactive ketones (excluding diaryl/α,β-unsaturated/α-hetero) is 1. The lowest BCUT2D eigenvalue weighted by Crippen LogP contribution is -2.47. The number of carboxylic acid groups (broad SMARTS) is 1. The van der Waals surface area contributed by atoms with Crippen molar-refractivity contribution >= 4 is 26.9 Å². The van der Waals surface area contributed by atoms with Crippen molar-refractivity contribution in [3.05, 3.63) is 0 Å². The predicted octanol–water partition coefficient (Wildman–Crippen LogP) is -1.85. The highest BCUT2D eigenvalue weighted by atomic mass is 31.2. The van der Waals surface area contributed by atoms with Crippen molar-refractivity contribution in [3.63, 3.8) is 0 Å². The zero-order valence-electron chi connectivity index (χ0n) is 17.0. The molecule has 0 spiro atoms. The molecule has 1 rings (SSSR count). The first kappa shape index (κ1) is 27.3. The lowest BCUT2D eigenvalue weighted by molar-refractivity contribution is -0.138.